The lowest BCUT2D eigenvalue weighted by Gasteiger charge is -2.45. The molecule has 2 heterocycles. The molecule has 0 radical (unpaired) electrons. The second-order valence-electron chi connectivity index (χ2n) is 4.26. The second kappa shape index (κ2) is 3.57. The molecule has 0 saturated carbocycles. The van der Waals surface area contributed by atoms with Crippen LogP contribution in [0.5, 0.6) is 0 Å². The van der Waals surface area contributed by atoms with Crippen molar-refractivity contribution in [3.8, 4) is 0 Å². The molecule has 2 aliphatic heterocycles. The van der Waals surface area contributed by atoms with Crippen LogP contribution >= 0.6 is 0 Å². The molecule has 0 aromatic rings. The number of rotatable bonds is 2. The van der Waals surface area contributed by atoms with Gasteiger partial charge < -0.3 is 14.7 Å². The van der Waals surface area contributed by atoms with E-state index < -0.39 is 27.9 Å². The number of carbonyl (C=O) groups is 1. The molecular weight excluding hydrogens is 238 g/mol. The van der Waals surface area contributed by atoms with Crippen LogP contribution in [0, 0.1) is 0 Å². The summed E-state index contributed by atoms with van der Waals surface area (Å²) in [4.78, 5) is 11.8. The number of hydrogen-bond acceptors (Lipinski definition) is 5. The minimum atomic E-state index is -3.48. The van der Waals surface area contributed by atoms with E-state index in [0.717, 1.165) is 6.26 Å². The summed E-state index contributed by atoms with van der Waals surface area (Å²) in [6.07, 6.45) is -0.0701. The molecule has 1 atom stereocenters. The van der Waals surface area contributed by atoms with Crippen LogP contribution in [0.3, 0.4) is 0 Å². The summed E-state index contributed by atoms with van der Waals surface area (Å²) >= 11 is 0. The van der Waals surface area contributed by atoms with Crippen molar-refractivity contribution in [3.05, 3.63) is 0 Å². The molecule has 1 spiro atoms. The monoisotopic (exact) mass is 251 g/mol. The van der Waals surface area contributed by atoms with Gasteiger partial charge in [-0.05, 0) is 0 Å². The Hall–Kier alpha value is -0.860. The lowest BCUT2D eigenvalue weighted by atomic mass is 9.91. The fourth-order valence-electron chi connectivity index (χ4n) is 2.12. The summed E-state index contributed by atoms with van der Waals surface area (Å²) in [6, 6.07) is 0. The zero-order chi connectivity index (χ0) is 12.0. The van der Waals surface area contributed by atoms with Gasteiger partial charge in [0.25, 0.3) is 10.1 Å². The van der Waals surface area contributed by atoms with Crippen LogP contribution in [0.2, 0.25) is 0 Å². The lowest BCUT2D eigenvalue weighted by molar-refractivity contribution is -0.0982. The normalized spacial score (nSPS) is 28.1. The van der Waals surface area contributed by atoms with E-state index in [0.29, 0.717) is 6.42 Å². The molecule has 2 saturated heterocycles. The molecule has 0 aliphatic carbocycles. The predicted molar refractivity (Wildman–Crippen MR) is 52.6 cm³/mol. The number of nitrogens with zero attached hydrogens (tertiary/aromatic N) is 1. The van der Waals surface area contributed by atoms with Crippen molar-refractivity contribution < 1.29 is 27.2 Å². The van der Waals surface area contributed by atoms with E-state index in [4.69, 9.17) is 14.0 Å². The second-order valence-corrected chi connectivity index (χ2v) is 5.86. The molecule has 1 N–H and O–H groups in total. The van der Waals surface area contributed by atoms with Crippen LogP contribution in [-0.2, 0) is 19.0 Å². The smallest absolute Gasteiger partial charge is 0.407 e. The molecule has 2 fully saturated rings. The highest BCUT2D eigenvalue weighted by atomic mass is 32.2. The maximum atomic E-state index is 10.9. The predicted octanol–water partition coefficient (Wildman–Crippen LogP) is -0.516. The largest absolute Gasteiger partial charge is 0.465 e. The summed E-state index contributed by atoms with van der Waals surface area (Å²) in [5, 5.41) is 8.67. The van der Waals surface area contributed by atoms with Crippen LogP contribution in [0.4, 0.5) is 4.79 Å². The highest BCUT2D eigenvalue weighted by molar-refractivity contribution is 7.86. The van der Waals surface area contributed by atoms with Gasteiger partial charge in [0.15, 0.2) is 0 Å². The Bertz CT molecular complexity index is 399. The highest BCUT2D eigenvalue weighted by Gasteiger charge is 2.52. The van der Waals surface area contributed by atoms with Gasteiger partial charge in [-0.25, -0.2) is 4.79 Å². The van der Waals surface area contributed by atoms with Crippen LogP contribution in [0.15, 0.2) is 0 Å². The third kappa shape index (κ3) is 2.28. The van der Waals surface area contributed by atoms with E-state index >= 15 is 0 Å². The molecule has 7 nitrogen and oxygen atoms in total. The lowest BCUT2D eigenvalue weighted by Crippen LogP contribution is -2.63. The van der Waals surface area contributed by atoms with E-state index in [1.807, 2.05) is 0 Å². The SMILES string of the molecule is CS(=O)(=O)O[C@@H]1COC2(C1)CN(C(=O)O)C2. The summed E-state index contributed by atoms with van der Waals surface area (Å²) in [7, 11) is -3.48. The molecule has 0 unspecified atom stereocenters. The Morgan fingerprint density at radius 1 is 1.56 bits per heavy atom. The Balaban J connectivity index is 1.88. The Kier molecular flexibility index (Phi) is 2.59. The van der Waals surface area contributed by atoms with E-state index in [1.54, 1.807) is 0 Å². The highest BCUT2D eigenvalue weighted by Crippen LogP contribution is 2.36. The summed E-state index contributed by atoms with van der Waals surface area (Å²) in [6.45, 7) is 0.762. The van der Waals surface area contributed by atoms with Crippen LogP contribution in [0.25, 0.3) is 0 Å². The summed E-state index contributed by atoms with van der Waals surface area (Å²) in [5.41, 5.74) is -0.534. The number of carboxylic acid groups (broad SMARTS) is 1. The van der Waals surface area contributed by atoms with E-state index in [9.17, 15) is 13.2 Å². The summed E-state index contributed by atoms with van der Waals surface area (Å²) < 4.78 is 32.0. The van der Waals surface area contributed by atoms with Gasteiger partial charge in [0.2, 0.25) is 0 Å². The topological polar surface area (TPSA) is 93.1 Å². The zero-order valence-electron chi connectivity index (χ0n) is 8.75. The average Bonchev–Trinajstić information content (AvgIpc) is 2.42. The molecule has 8 heteroatoms. The molecule has 2 aliphatic rings. The van der Waals surface area contributed by atoms with Gasteiger partial charge in [-0.3, -0.25) is 4.18 Å². The van der Waals surface area contributed by atoms with Gasteiger partial charge in [-0.2, -0.15) is 8.42 Å². The first kappa shape index (κ1) is 11.6. The average molecular weight is 251 g/mol. The van der Waals surface area contributed by atoms with Crippen molar-refractivity contribution in [2.75, 3.05) is 26.0 Å². The Morgan fingerprint density at radius 3 is 2.69 bits per heavy atom. The molecule has 2 rings (SSSR count). The quantitative estimate of drug-likeness (QED) is 0.664. The first-order valence-electron chi connectivity index (χ1n) is 4.80. The Labute approximate surface area is 93.1 Å². The van der Waals surface area contributed by atoms with Crippen molar-refractivity contribution in [3.63, 3.8) is 0 Å². The zero-order valence-corrected chi connectivity index (χ0v) is 9.57. The van der Waals surface area contributed by atoms with Crippen molar-refractivity contribution >= 4 is 16.2 Å². The van der Waals surface area contributed by atoms with E-state index in [1.165, 1.54) is 4.90 Å². The van der Waals surface area contributed by atoms with Crippen LogP contribution in [-0.4, -0.2) is 62.2 Å². The molecule has 92 valence electrons. The maximum absolute atomic E-state index is 10.9. The van der Waals surface area contributed by atoms with Crippen LogP contribution < -0.4 is 0 Å². The maximum Gasteiger partial charge on any atom is 0.407 e. The molecular formula is C8H13NO6S. The van der Waals surface area contributed by atoms with Crippen molar-refractivity contribution in [2.45, 2.75) is 18.1 Å². The van der Waals surface area contributed by atoms with Crippen molar-refractivity contribution in [1.82, 2.24) is 4.90 Å². The molecule has 0 bridgehead atoms. The minimum Gasteiger partial charge on any atom is -0.465 e. The standard InChI is InChI=1S/C8H13NO6S/c1-16(12,13)15-6-2-8(14-3-6)4-9(5-8)7(10)11/h6H,2-5H2,1H3,(H,10,11)/t6-/m0/s1. The van der Waals surface area contributed by atoms with Gasteiger partial charge in [0, 0.05) is 6.42 Å². The number of amides is 1. The van der Waals surface area contributed by atoms with Crippen molar-refractivity contribution in [1.29, 1.82) is 0 Å². The molecule has 1 amide bonds. The van der Waals surface area contributed by atoms with Gasteiger partial charge in [0.05, 0.1) is 26.0 Å². The molecule has 0 aromatic heterocycles. The third-order valence-corrected chi connectivity index (χ3v) is 3.34. The molecule has 16 heavy (non-hydrogen) atoms. The third-order valence-electron chi connectivity index (χ3n) is 2.71. The van der Waals surface area contributed by atoms with Gasteiger partial charge >= 0.3 is 6.09 Å². The minimum absolute atomic E-state index is 0.195. The fraction of sp³-hybridized carbons (Fsp3) is 0.875. The number of likely N-dealkylation sites (tertiary alicyclic amines) is 1. The van der Waals surface area contributed by atoms with Gasteiger partial charge in [-0.1, -0.05) is 0 Å². The molecule has 0 aromatic carbocycles. The first-order chi connectivity index (χ1) is 7.30. The van der Waals surface area contributed by atoms with E-state index in [2.05, 4.69) is 0 Å². The summed E-state index contributed by atoms with van der Waals surface area (Å²) in [5.74, 6) is 0. The number of ether oxygens (including phenoxy) is 1. The number of hydrogen-bond donors (Lipinski definition) is 1. The van der Waals surface area contributed by atoms with Crippen molar-refractivity contribution in [2.24, 2.45) is 0 Å². The van der Waals surface area contributed by atoms with Gasteiger partial charge in [-0.15, -0.1) is 0 Å². The first-order valence-corrected chi connectivity index (χ1v) is 6.61. The van der Waals surface area contributed by atoms with Gasteiger partial charge in [0.1, 0.15) is 11.7 Å². The van der Waals surface area contributed by atoms with E-state index in [-0.39, 0.29) is 19.7 Å². The van der Waals surface area contributed by atoms with Crippen LogP contribution in [0.1, 0.15) is 6.42 Å². The Morgan fingerprint density at radius 2 is 2.19 bits per heavy atom. The fourth-order valence-corrected chi connectivity index (χ4v) is 2.73.